The maximum absolute atomic E-state index is 16.3. The largest absolute Gasteiger partial charge is 0.420 e. The molecule has 0 aliphatic carbocycles. The summed E-state index contributed by atoms with van der Waals surface area (Å²) in [7, 11) is 0. The topological polar surface area (TPSA) is 14.2 Å². The van der Waals surface area contributed by atoms with E-state index in [2.05, 4.69) is 4.85 Å². The summed E-state index contributed by atoms with van der Waals surface area (Å²) in [5.41, 5.74) is 1.90. The number of nitrogens with zero attached hydrogens (tertiary/aromatic N) is 3. The molecule has 52 heavy (non-hydrogen) atoms. The van der Waals surface area contributed by atoms with E-state index >= 15 is 13.2 Å². The van der Waals surface area contributed by atoms with Crippen LogP contribution >= 0.6 is 0 Å². The molecule has 2 heterocycles. The van der Waals surface area contributed by atoms with Crippen LogP contribution in [0.25, 0.3) is 71.0 Å². The van der Waals surface area contributed by atoms with Crippen molar-refractivity contribution in [2.24, 2.45) is 0 Å². The molecule has 0 aliphatic heterocycles. The first-order valence-electron chi connectivity index (χ1n) is 16.5. The smallest absolute Gasteiger partial charge is 0.308 e. The van der Waals surface area contributed by atoms with Crippen LogP contribution in [0.15, 0.2) is 103 Å². The summed E-state index contributed by atoms with van der Waals surface area (Å²) in [6.45, 7) is 14.9. The van der Waals surface area contributed by atoms with Crippen LogP contribution in [0.4, 0.5) is 32.0 Å². The summed E-state index contributed by atoms with van der Waals surface area (Å²) < 4.78 is 95.2. The van der Waals surface area contributed by atoms with Crippen molar-refractivity contribution < 1.29 is 26.3 Å². The zero-order chi connectivity index (χ0) is 36.9. The number of hydrogen-bond donors (Lipinski definition) is 0. The summed E-state index contributed by atoms with van der Waals surface area (Å²) in [5, 5.41) is 2.97. The Kier molecular flexibility index (Phi) is 7.33. The molecule has 0 saturated heterocycles. The number of hydrogen-bond acceptors (Lipinski definition) is 0. The lowest BCUT2D eigenvalue weighted by Gasteiger charge is -2.25. The molecule has 8 rings (SSSR count). The first kappa shape index (κ1) is 33.2. The monoisotopic (exact) mass is 701 g/mol. The summed E-state index contributed by atoms with van der Waals surface area (Å²) in [6, 6.07) is 27.8. The zero-order valence-electron chi connectivity index (χ0n) is 28.4. The second-order valence-electron chi connectivity index (χ2n) is 13.3. The number of fused-ring (bicyclic) bond motifs is 6. The fourth-order valence-electron chi connectivity index (χ4n) is 7.89. The quantitative estimate of drug-likeness (QED) is 0.129. The van der Waals surface area contributed by atoms with Crippen LogP contribution in [-0.4, -0.2) is 9.13 Å². The average molecular weight is 702 g/mol. The minimum atomic E-state index is -5.01. The van der Waals surface area contributed by atoms with E-state index in [4.69, 9.17) is 6.57 Å². The number of para-hydroxylation sites is 4. The predicted molar refractivity (Wildman–Crippen MR) is 196 cm³/mol. The van der Waals surface area contributed by atoms with E-state index in [-0.39, 0.29) is 28.2 Å². The summed E-state index contributed by atoms with van der Waals surface area (Å²) in [6.07, 6.45) is -9.85. The van der Waals surface area contributed by atoms with Crippen molar-refractivity contribution in [1.29, 1.82) is 0 Å². The molecule has 0 N–H and O–H groups in total. The van der Waals surface area contributed by atoms with Gasteiger partial charge in [-0.15, -0.1) is 0 Å². The highest BCUT2D eigenvalue weighted by molar-refractivity contribution is 6.13. The molecule has 0 aliphatic rings. The van der Waals surface area contributed by atoms with Crippen LogP contribution in [-0.2, 0) is 12.4 Å². The number of aromatic nitrogens is 2. The Morgan fingerprint density at radius 2 is 0.962 bits per heavy atom. The average Bonchev–Trinajstić information content (AvgIpc) is 3.63. The van der Waals surface area contributed by atoms with Crippen LogP contribution in [0.3, 0.4) is 0 Å². The fraction of sp³-hybridized carbons (Fsp3) is 0.140. The third-order valence-corrected chi connectivity index (χ3v) is 10.0. The first-order chi connectivity index (χ1) is 24.7. The highest BCUT2D eigenvalue weighted by atomic mass is 19.4. The Balaban J connectivity index is 1.67. The van der Waals surface area contributed by atoms with Crippen molar-refractivity contribution >= 4 is 49.3 Å². The molecule has 0 bridgehead atoms. The van der Waals surface area contributed by atoms with E-state index in [1.807, 2.05) is 100 Å². The van der Waals surface area contributed by atoms with E-state index in [0.29, 0.717) is 50.0 Å². The second-order valence-corrected chi connectivity index (χ2v) is 13.3. The van der Waals surface area contributed by atoms with Gasteiger partial charge in [0.25, 0.3) is 0 Å². The maximum atomic E-state index is 16.3. The standard InChI is InChI=1S/C43H29F6N3/c1-23-10-6-14-31-32-15-7-11-24(2)38(32)51(37(23)31)35-19-18-30(27-20-28(42(44,45)46)22-29(21-27)50-5)41(36(35)43(47,48)49)52-39-25(3)12-8-16-33(39)34-17-9-13-26(4)40(34)52/h6-22H,1-4H3. The lowest BCUT2D eigenvalue weighted by molar-refractivity contribution is -0.138. The third-order valence-electron chi connectivity index (χ3n) is 10.0. The van der Waals surface area contributed by atoms with Crippen LogP contribution < -0.4 is 0 Å². The van der Waals surface area contributed by atoms with Crippen molar-refractivity contribution in [3.05, 3.63) is 148 Å². The summed E-state index contributed by atoms with van der Waals surface area (Å²) in [4.78, 5) is 3.29. The molecule has 2 aromatic heterocycles. The number of rotatable bonds is 3. The molecule has 0 spiro atoms. The van der Waals surface area contributed by atoms with Gasteiger partial charge in [0.2, 0.25) is 0 Å². The molecule has 6 aromatic carbocycles. The fourth-order valence-corrected chi connectivity index (χ4v) is 7.89. The highest BCUT2D eigenvalue weighted by Gasteiger charge is 2.41. The Morgan fingerprint density at radius 3 is 1.37 bits per heavy atom. The number of halogens is 6. The molecule has 3 nitrogen and oxygen atoms in total. The lowest BCUT2D eigenvalue weighted by Crippen LogP contribution is -2.17. The van der Waals surface area contributed by atoms with Gasteiger partial charge in [0, 0.05) is 32.7 Å². The van der Waals surface area contributed by atoms with Gasteiger partial charge in [0.1, 0.15) is 5.56 Å². The minimum absolute atomic E-state index is 0.0911. The molecule has 0 unspecified atom stereocenters. The van der Waals surface area contributed by atoms with Gasteiger partial charge in [-0.25, -0.2) is 4.85 Å². The molecule has 0 amide bonds. The summed E-state index contributed by atoms with van der Waals surface area (Å²) in [5.74, 6) is 0. The van der Waals surface area contributed by atoms with E-state index < -0.39 is 23.5 Å². The SMILES string of the molecule is [C-]#[N+]c1cc(-c2ccc(-n3c4c(C)cccc4c4cccc(C)c43)c(C(F)(F)F)c2-n2c3c(C)cccc3c3cccc(C)c32)cc(C(F)(F)F)c1. The Hall–Kier alpha value is -6.01. The maximum Gasteiger partial charge on any atom is 0.420 e. The van der Waals surface area contributed by atoms with Gasteiger partial charge in [0.05, 0.1) is 40.0 Å². The van der Waals surface area contributed by atoms with Gasteiger partial charge in [-0.1, -0.05) is 78.9 Å². The van der Waals surface area contributed by atoms with Crippen LogP contribution in [0.5, 0.6) is 0 Å². The van der Waals surface area contributed by atoms with Crippen LogP contribution in [0.1, 0.15) is 33.4 Å². The Labute approximate surface area is 294 Å². The van der Waals surface area contributed by atoms with Crippen molar-refractivity contribution in [2.75, 3.05) is 0 Å². The van der Waals surface area contributed by atoms with Crippen molar-refractivity contribution in [1.82, 2.24) is 9.13 Å². The lowest BCUT2D eigenvalue weighted by atomic mass is 9.95. The predicted octanol–water partition coefficient (Wildman–Crippen LogP) is 13.4. The van der Waals surface area contributed by atoms with Gasteiger partial charge in [-0.2, -0.15) is 26.3 Å². The molecule has 258 valence electrons. The number of aryl methyl sites for hydroxylation is 4. The van der Waals surface area contributed by atoms with Gasteiger partial charge in [0.15, 0.2) is 5.69 Å². The molecular formula is C43H29F6N3. The molecule has 8 aromatic rings. The molecule has 9 heteroatoms. The van der Waals surface area contributed by atoms with Crippen LogP contribution in [0.2, 0.25) is 0 Å². The normalized spacial score (nSPS) is 12.4. The molecule has 0 fully saturated rings. The van der Waals surface area contributed by atoms with Crippen molar-refractivity contribution in [3.63, 3.8) is 0 Å². The Bertz CT molecular complexity index is 2710. The second kappa shape index (κ2) is 11.5. The number of alkyl halides is 6. The minimum Gasteiger partial charge on any atom is -0.308 e. The van der Waals surface area contributed by atoms with E-state index in [1.54, 1.807) is 9.13 Å². The Morgan fingerprint density at radius 1 is 0.519 bits per heavy atom. The number of benzene rings is 6. The van der Waals surface area contributed by atoms with Gasteiger partial charge in [-0.3, -0.25) is 0 Å². The molecular weight excluding hydrogens is 672 g/mol. The molecule has 0 radical (unpaired) electrons. The van der Waals surface area contributed by atoms with Gasteiger partial charge < -0.3 is 9.13 Å². The van der Waals surface area contributed by atoms with Crippen LogP contribution in [0, 0.1) is 34.3 Å². The van der Waals surface area contributed by atoms with Crippen molar-refractivity contribution in [2.45, 2.75) is 40.0 Å². The summed E-state index contributed by atoms with van der Waals surface area (Å²) >= 11 is 0. The molecule has 0 saturated carbocycles. The third kappa shape index (κ3) is 4.89. The van der Waals surface area contributed by atoms with Gasteiger partial charge >= 0.3 is 12.4 Å². The van der Waals surface area contributed by atoms with E-state index in [9.17, 15) is 13.2 Å². The zero-order valence-corrected chi connectivity index (χ0v) is 28.4. The van der Waals surface area contributed by atoms with Crippen molar-refractivity contribution in [3.8, 4) is 22.5 Å². The molecule has 0 atom stereocenters. The van der Waals surface area contributed by atoms with E-state index in [1.165, 1.54) is 18.2 Å². The highest BCUT2D eigenvalue weighted by Crippen LogP contribution is 2.49. The van der Waals surface area contributed by atoms with E-state index in [0.717, 1.165) is 28.0 Å². The van der Waals surface area contributed by atoms with Gasteiger partial charge in [-0.05, 0) is 79.8 Å². The first-order valence-corrected chi connectivity index (χ1v) is 16.5.